The highest BCUT2D eigenvalue weighted by molar-refractivity contribution is 8.03. The van der Waals surface area contributed by atoms with Crippen molar-refractivity contribution in [2.75, 3.05) is 13.1 Å². The molecule has 0 aliphatic rings. The SMILES string of the molecule is C/C=N\C(C)/N=C(/C)N/C=C(\C)Sc1ccc(C)c(C(=O)N(CCCCCC)CCCCCC)c1.C=CCC. The van der Waals surface area contributed by atoms with Crippen molar-refractivity contribution in [3.63, 3.8) is 0 Å². The number of hydrogen-bond acceptors (Lipinski definition) is 4. The monoisotopic (exact) mass is 556 g/mol. The van der Waals surface area contributed by atoms with Crippen LogP contribution in [0.4, 0.5) is 0 Å². The molecule has 6 heteroatoms. The van der Waals surface area contributed by atoms with Gasteiger partial charge in [-0.05, 0) is 77.8 Å². The molecular formula is C33H56N4OS. The number of carbonyl (C=O) groups is 1. The number of allylic oxidation sites excluding steroid dienone is 2. The summed E-state index contributed by atoms with van der Waals surface area (Å²) in [5.41, 5.74) is 1.87. The number of rotatable bonds is 17. The highest BCUT2D eigenvalue weighted by atomic mass is 32.2. The first kappa shape index (κ1) is 36.7. The molecule has 0 aliphatic heterocycles. The van der Waals surface area contributed by atoms with Crippen LogP contribution in [0, 0.1) is 6.92 Å². The van der Waals surface area contributed by atoms with E-state index in [1.807, 2.05) is 40.0 Å². The Morgan fingerprint density at radius 2 is 1.64 bits per heavy atom. The molecule has 1 unspecified atom stereocenters. The molecule has 0 fully saturated rings. The van der Waals surface area contributed by atoms with Gasteiger partial charge in [-0.3, -0.25) is 9.79 Å². The standard InChI is InChI=1S/C29H48N4OS.C4H8/c1-8-11-13-15-19-33(20-16-14-12-9-2)29(34)28-21-27(18-17-23(28)4)35-24(5)22-31-26(7)32-25(6)30-10-3;1-3-4-2/h10,17-18,21-22,25H,8-9,11-16,19-20H2,1-7H3,(H,31,32);3H,1,4H2,2H3/b24-22+,30-10-;. The summed E-state index contributed by atoms with van der Waals surface area (Å²) in [7, 11) is 0. The molecule has 1 N–H and O–H groups in total. The van der Waals surface area contributed by atoms with Gasteiger partial charge in [-0.2, -0.15) is 0 Å². The van der Waals surface area contributed by atoms with E-state index >= 15 is 0 Å². The number of nitrogens with one attached hydrogen (secondary N) is 1. The highest BCUT2D eigenvalue weighted by Crippen LogP contribution is 2.28. The Hall–Kier alpha value is -2.34. The minimum Gasteiger partial charge on any atom is -0.350 e. The number of hydrogen-bond donors (Lipinski definition) is 1. The van der Waals surface area contributed by atoms with Crippen molar-refractivity contribution in [3.05, 3.63) is 53.1 Å². The van der Waals surface area contributed by atoms with Crippen LogP contribution >= 0.6 is 11.8 Å². The smallest absolute Gasteiger partial charge is 0.254 e. The van der Waals surface area contributed by atoms with Gasteiger partial charge in [-0.25, -0.2) is 4.99 Å². The van der Waals surface area contributed by atoms with E-state index in [0.29, 0.717) is 0 Å². The first-order valence-corrected chi connectivity index (χ1v) is 15.7. The Kier molecular flexibility index (Phi) is 22.1. The lowest BCUT2D eigenvalue weighted by Gasteiger charge is -2.24. The number of unbranched alkanes of at least 4 members (excludes halogenated alkanes) is 6. The van der Waals surface area contributed by atoms with Gasteiger partial charge in [0, 0.05) is 34.7 Å². The van der Waals surface area contributed by atoms with Gasteiger partial charge in [0.25, 0.3) is 5.91 Å². The number of amidine groups is 1. The minimum absolute atomic E-state index is 0.0913. The number of amides is 1. The maximum atomic E-state index is 13.6. The molecule has 1 aromatic rings. The van der Waals surface area contributed by atoms with Gasteiger partial charge < -0.3 is 10.2 Å². The van der Waals surface area contributed by atoms with Crippen LogP contribution in [0.2, 0.25) is 0 Å². The normalized spacial score (nSPS) is 12.6. The number of carbonyl (C=O) groups excluding carboxylic acids is 1. The van der Waals surface area contributed by atoms with Crippen molar-refractivity contribution < 1.29 is 4.79 Å². The van der Waals surface area contributed by atoms with E-state index < -0.39 is 0 Å². The van der Waals surface area contributed by atoms with Gasteiger partial charge in [0.15, 0.2) is 0 Å². The van der Waals surface area contributed by atoms with E-state index in [0.717, 1.165) is 59.1 Å². The molecule has 0 saturated carbocycles. The molecule has 0 bridgehead atoms. The van der Waals surface area contributed by atoms with E-state index in [-0.39, 0.29) is 12.1 Å². The third-order valence-electron chi connectivity index (χ3n) is 6.09. The molecule has 0 aromatic heterocycles. The maximum Gasteiger partial charge on any atom is 0.254 e. The van der Waals surface area contributed by atoms with Crippen molar-refractivity contribution in [1.29, 1.82) is 0 Å². The van der Waals surface area contributed by atoms with E-state index in [9.17, 15) is 4.79 Å². The van der Waals surface area contributed by atoms with E-state index in [1.165, 1.54) is 38.5 Å². The summed E-state index contributed by atoms with van der Waals surface area (Å²) in [5.74, 6) is 0.996. The van der Waals surface area contributed by atoms with Crippen LogP contribution in [0.15, 0.2) is 56.8 Å². The minimum atomic E-state index is -0.0913. The molecule has 0 aliphatic carbocycles. The Bertz CT molecular complexity index is 895. The van der Waals surface area contributed by atoms with Crippen LogP contribution in [-0.2, 0) is 0 Å². The van der Waals surface area contributed by atoms with Gasteiger partial charge in [-0.1, -0.05) is 83.2 Å². The zero-order chi connectivity index (χ0) is 29.5. The van der Waals surface area contributed by atoms with Crippen LogP contribution < -0.4 is 5.32 Å². The lowest BCUT2D eigenvalue weighted by Crippen LogP contribution is -2.33. The zero-order valence-electron chi connectivity index (χ0n) is 26.2. The number of aliphatic imine (C=N–C) groups is 2. The molecular weight excluding hydrogens is 500 g/mol. The fraction of sp³-hybridized carbons (Fsp3) is 0.606. The molecule has 1 aromatic carbocycles. The Morgan fingerprint density at radius 1 is 1.05 bits per heavy atom. The third kappa shape index (κ3) is 17.8. The fourth-order valence-corrected chi connectivity index (χ4v) is 4.63. The van der Waals surface area contributed by atoms with Crippen molar-refractivity contribution in [3.8, 4) is 0 Å². The molecule has 39 heavy (non-hydrogen) atoms. The predicted molar refractivity (Wildman–Crippen MR) is 175 cm³/mol. The largest absolute Gasteiger partial charge is 0.350 e. The van der Waals surface area contributed by atoms with E-state index in [4.69, 9.17) is 0 Å². The Labute approximate surface area is 244 Å². The van der Waals surface area contributed by atoms with Gasteiger partial charge in [-0.15, -0.1) is 6.58 Å². The first-order chi connectivity index (χ1) is 18.7. The molecule has 0 saturated heterocycles. The second kappa shape index (κ2) is 23.5. The maximum absolute atomic E-state index is 13.6. The summed E-state index contributed by atoms with van der Waals surface area (Å²) < 4.78 is 0. The topological polar surface area (TPSA) is 57.1 Å². The molecule has 1 rings (SSSR count). The predicted octanol–water partition coefficient (Wildman–Crippen LogP) is 9.58. The zero-order valence-corrected chi connectivity index (χ0v) is 27.0. The summed E-state index contributed by atoms with van der Waals surface area (Å²) in [6, 6.07) is 6.23. The molecule has 1 amide bonds. The van der Waals surface area contributed by atoms with Crippen LogP contribution in [0.3, 0.4) is 0 Å². The second-order valence-electron chi connectivity index (χ2n) is 9.84. The first-order valence-electron chi connectivity index (χ1n) is 14.9. The van der Waals surface area contributed by atoms with Gasteiger partial charge in [0.05, 0.1) is 5.84 Å². The summed E-state index contributed by atoms with van der Waals surface area (Å²) in [6.07, 6.45) is 16.0. The van der Waals surface area contributed by atoms with E-state index in [2.05, 4.69) is 72.7 Å². The molecule has 1 atom stereocenters. The van der Waals surface area contributed by atoms with Crippen LogP contribution in [0.1, 0.15) is 122 Å². The average molecular weight is 557 g/mol. The molecule has 0 heterocycles. The lowest BCUT2D eigenvalue weighted by molar-refractivity contribution is 0.0748. The number of nitrogens with zero attached hydrogens (tertiary/aromatic N) is 3. The lowest BCUT2D eigenvalue weighted by atomic mass is 10.1. The van der Waals surface area contributed by atoms with Crippen molar-refractivity contribution in [1.82, 2.24) is 10.2 Å². The second-order valence-corrected chi connectivity index (χ2v) is 11.2. The summed E-state index contributed by atoms with van der Waals surface area (Å²) >= 11 is 1.66. The third-order valence-corrected chi connectivity index (χ3v) is 7.02. The molecule has 5 nitrogen and oxygen atoms in total. The summed E-state index contributed by atoms with van der Waals surface area (Å²) in [6.45, 7) is 21.6. The van der Waals surface area contributed by atoms with Crippen molar-refractivity contribution in [2.24, 2.45) is 9.98 Å². The molecule has 0 spiro atoms. The van der Waals surface area contributed by atoms with Crippen molar-refractivity contribution >= 4 is 29.7 Å². The van der Waals surface area contributed by atoms with Crippen LogP contribution in [0.25, 0.3) is 0 Å². The molecule has 220 valence electrons. The van der Waals surface area contributed by atoms with E-state index in [1.54, 1.807) is 18.0 Å². The van der Waals surface area contributed by atoms with Crippen LogP contribution in [-0.4, -0.2) is 42.1 Å². The fourth-order valence-electron chi connectivity index (χ4n) is 3.83. The number of benzene rings is 1. The van der Waals surface area contributed by atoms with Crippen molar-refractivity contribution in [2.45, 2.75) is 124 Å². The summed E-state index contributed by atoms with van der Waals surface area (Å²) in [5, 5.41) is 3.24. The Balaban J connectivity index is 0.00000336. The summed E-state index contributed by atoms with van der Waals surface area (Å²) in [4.78, 5) is 26.6. The van der Waals surface area contributed by atoms with Gasteiger partial charge >= 0.3 is 0 Å². The number of aryl methyl sites for hydroxylation is 1. The van der Waals surface area contributed by atoms with Gasteiger partial charge in [0.1, 0.15) is 6.17 Å². The average Bonchev–Trinajstić information content (AvgIpc) is 2.92. The number of thioether (sulfide) groups is 1. The van der Waals surface area contributed by atoms with Gasteiger partial charge in [0.2, 0.25) is 0 Å². The molecule has 0 radical (unpaired) electrons. The quantitative estimate of drug-likeness (QED) is 0.0683. The highest BCUT2D eigenvalue weighted by Gasteiger charge is 2.18. The van der Waals surface area contributed by atoms with Crippen LogP contribution in [0.5, 0.6) is 0 Å². The Morgan fingerprint density at radius 3 is 2.15 bits per heavy atom.